The van der Waals surface area contributed by atoms with Crippen molar-refractivity contribution in [3.8, 4) is 0 Å². The van der Waals surface area contributed by atoms with E-state index in [2.05, 4.69) is 0 Å². The van der Waals surface area contributed by atoms with E-state index in [1.54, 1.807) is 6.92 Å². The first kappa shape index (κ1) is 15.3. The van der Waals surface area contributed by atoms with Crippen LogP contribution in [-0.2, 0) is 0 Å². The molecule has 0 aliphatic rings. The van der Waals surface area contributed by atoms with Crippen molar-refractivity contribution < 1.29 is 26.3 Å². The normalized spacial score (nSPS) is 15.2. The van der Waals surface area contributed by atoms with Crippen molar-refractivity contribution in [2.75, 3.05) is 0 Å². The van der Waals surface area contributed by atoms with E-state index in [1.807, 2.05) is 0 Å². The molecule has 1 aromatic rings. The van der Waals surface area contributed by atoms with Crippen LogP contribution in [0, 0.1) is 19.8 Å². The number of nitrogens with two attached hydrogens (primary N) is 1. The minimum absolute atomic E-state index is 0.0767. The van der Waals surface area contributed by atoms with Crippen molar-refractivity contribution in [1.29, 1.82) is 0 Å². The number of aryl methyl sites for hydroxylation is 2. The third-order valence-corrected chi connectivity index (χ3v) is 3.70. The minimum atomic E-state index is -5.41. The van der Waals surface area contributed by atoms with Gasteiger partial charge in [-0.25, -0.2) is 0 Å². The quantitative estimate of drug-likeness (QED) is 0.815. The summed E-state index contributed by atoms with van der Waals surface area (Å²) >= 11 is 0.858. The molecule has 0 saturated heterocycles. The number of halogens is 6. The average molecular weight is 291 g/mol. The smallest absolute Gasteiger partial charge is 0.322 e. The van der Waals surface area contributed by atoms with Crippen LogP contribution in [0.2, 0.25) is 0 Å². The molecule has 0 radical (unpaired) electrons. The minimum Gasteiger partial charge on any atom is -0.322 e. The van der Waals surface area contributed by atoms with E-state index >= 15 is 0 Å². The SMILES string of the molecule is Cc1cc(C)c(C(N)C(C(F)(F)F)C(F)(F)F)s1. The van der Waals surface area contributed by atoms with Crippen LogP contribution in [-0.4, -0.2) is 12.4 Å². The van der Waals surface area contributed by atoms with Crippen LogP contribution in [0.5, 0.6) is 0 Å². The van der Waals surface area contributed by atoms with Gasteiger partial charge >= 0.3 is 12.4 Å². The zero-order chi connectivity index (χ0) is 14.3. The van der Waals surface area contributed by atoms with Gasteiger partial charge in [-0.2, -0.15) is 26.3 Å². The summed E-state index contributed by atoms with van der Waals surface area (Å²) in [5.41, 5.74) is 5.55. The summed E-state index contributed by atoms with van der Waals surface area (Å²) in [6.07, 6.45) is -10.8. The van der Waals surface area contributed by atoms with Crippen LogP contribution >= 0.6 is 11.3 Å². The molecule has 0 aliphatic carbocycles. The van der Waals surface area contributed by atoms with Gasteiger partial charge in [-0.15, -0.1) is 11.3 Å². The molecule has 2 N–H and O–H groups in total. The molecule has 0 spiro atoms. The van der Waals surface area contributed by atoms with Gasteiger partial charge in [-0.1, -0.05) is 0 Å². The number of rotatable bonds is 2. The van der Waals surface area contributed by atoms with Crippen LogP contribution in [0.15, 0.2) is 6.07 Å². The Labute approximate surface area is 104 Å². The second-order valence-electron chi connectivity index (χ2n) is 3.99. The summed E-state index contributed by atoms with van der Waals surface area (Å²) in [5, 5.41) is 0. The fraction of sp³-hybridized carbons (Fsp3) is 0.600. The molecule has 104 valence electrons. The van der Waals surface area contributed by atoms with Crippen LogP contribution in [0.4, 0.5) is 26.3 Å². The topological polar surface area (TPSA) is 26.0 Å². The Balaban J connectivity index is 3.19. The van der Waals surface area contributed by atoms with E-state index in [1.165, 1.54) is 13.0 Å². The molecule has 0 bridgehead atoms. The van der Waals surface area contributed by atoms with Crippen molar-refractivity contribution in [3.63, 3.8) is 0 Å². The molecule has 0 aliphatic heterocycles. The fourth-order valence-corrected chi connectivity index (χ4v) is 2.81. The van der Waals surface area contributed by atoms with Gasteiger partial charge in [-0.05, 0) is 25.5 Å². The Morgan fingerprint density at radius 3 is 1.78 bits per heavy atom. The second kappa shape index (κ2) is 4.73. The molecule has 18 heavy (non-hydrogen) atoms. The second-order valence-corrected chi connectivity index (χ2v) is 5.28. The molecule has 1 heterocycles. The van der Waals surface area contributed by atoms with Gasteiger partial charge in [0.15, 0.2) is 5.92 Å². The number of hydrogen-bond donors (Lipinski definition) is 1. The van der Waals surface area contributed by atoms with Gasteiger partial charge in [0.25, 0.3) is 0 Å². The van der Waals surface area contributed by atoms with Crippen LogP contribution in [0.3, 0.4) is 0 Å². The summed E-state index contributed by atoms with van der Waals surface area (Å²) < 4.78 is 75.0. The third-order valence-electron chi connectivity index (χ3n) is 2.45. The molecule has 1 unspecified atom stereocenters. The lowest BCUT2D eigenvalue weighted by Crippen LogP contribution is -2.43. The molecule has 0 aromatic carbocycles. The highest BCUT2D eigenvalue weighted by Crippen LogP contribution is 2.47. The summed E-state index contributed by atoms with van der Waals surface area (Å²) in [7, 11) is 0. The molecule has 1 nitrogen and oxygen atoms in total. The molecule has 1 rings (SSSR count). The number of hydrogen-bond acceptors (Lipinski definition) is 2. The Kier molecular flexibility index (Phi) is 4.02. The largest absolute Gasteiger partial charge is 0.402 e. The predicted molar refractivity (Wildman–Crippen MR) is 56.3 cm³/mol. The maximum atomic E-state index is 12.5. The van der Waals surface area contributed by atoms with Crippen molar-refractivity contribution >= 4 is 11.3 Å². The number of thiophene rings is 1. The maximum Gasteiger partial charge on any atom is 0.402 e. The van der Waals surface area contributed by atoms with Crippen molar-refractivity contribution in [2.45, 2.75) is 32.2 Å². The van der Waals surface area contributed by atoms with Crippen LogP contribution in [0.1, 0.15) is 21.4 Å². The molecule has 1 aromatic heterocycles. The maximum absolute atomic E-state index is 12.5. The average Bonchev–Trinajstić information content (AvgIpc) is 2.39. The molecule has 0 amide bonds. The zero-order valence-corrected chi connectivity index (χ0v) is 10.3. The first-order valence-electron chi connectivity index (χ1n) is 4.90. The lowest BCUT2D eigenvalue weighted by molar-refractivity contribution is -0.290. The molecule has 0 fully saturated rings. The highest BCUT2D eigenvalue weighted by molar-refractivity contribution is 7.12. The zero-order valence-electron chi connectivity index (χ0n) is 9.49. The van der Waals surface area contributed by atoms with E-state index < -0.39 is 24.3 Å². The third kappa shape index (κ3) is 3.17. The van der Waals surface area contributed by atoms with Gasteiger partial charge in [0.05, 0.1) is 6.04 Å². The van der Waals surface area contributed by atoms with Crippen LogP contribution < -0.4 is 5.73 Å². The van der Waals surface area contributed by atoms with E-state index in [9.17, 15) is 26.3 Å². The first-order valence-corrected chi connectivity index (χ1v) is 5.72. The van der Waals surface area contributed by atoms with Gasteiger partial charge in [-0.3, -0.25) is 0 Å². The van der Waals surface area contributed by atoms with E-state index in [0.29, 0.717) is 10.4 Å². The Bertz CT molecular complexity index is 405. The fourth-order valence-electron chi connectivity index (χ4n) is 1.73. The first-order chi connectivity index (χ1) is 7.94. The van der Waals surface area contributed by atoms with Gasteiger partial charge < -0.3 is 5.73 Å². The van der Waals surface area contributed by atoms with Gasteiger partial charge in [0.2, 0.25) is 0 Å². The Morgan fingerprint density at radius 1 is 1.06 bits per heavy atom. The monoisotopic (exact) mass is 291 g/mol. The van der Waals surface area contributed by atoms with E-state index in [4.69, 9.17) is 5.73 Å². The van der Waals surface area contributed by atoms with Crippen LogP contribution in [0.25, 0.3) is 0 Å². The molecule has 8 heteroatoms. The van der Waals surface area contributed by atoms with Crippen molar-refractivity contribution in [2.24, 2.45) is 11.7 Å². The molecule has 0 saturated carbocycles. The lowest BCUT2D eigenvalue weighted by Gasteiger charge is -2.28. The highest BCUT2D eigenvalue weighted by Gasteiger charge is 2.60. The standard InChI is InChI=1S/C10H11F6NS/c1-4-3-5(2)18-7(4)6(17)8(9(11,12)13)10(14,15)16/h3,6,8H,17H2,1-2H3. The summed E-state index contributed by atoms with van der Waals surface area (Å²) in [6.45, 7) is 3.05. The lowest BCUT2D eigenvalue weighted by atomic mass is 9.96. The highest BCUT2D eigenvalue weighted by atomic mass is 32.1. The summed E-state index contributed by atoms with van der Waals surface area (Å²) in [6, 6.07) is -0.604. The van der Waals surface area contributed by atoms with E-state index in [0.717, 1.165) is 11.3 Å². The van der Waals surface area contributed by atoms with Crippen molar-refractivity contribution in [1.82, 2.24) is 0 Å². The molecular weight excluding hydrogens is 280 g/mol. The molecular formula is C10H11F6NS. The van der Waals surface area contributed by atoms with Gasteiger partial charge in [0.1, 0.15) is 0 Å². The van der Waals surface area contributed by atoms with Gasteiger partial charge in [0, 0.05) is 9.75 Å². The Morgan fingerprint density at radius 2 is 1.50 bits per heavy atom. The predicted octanol–water partition coefficient (Wildman–Crippen LogP) is 4.11. The summed E-state index contributed by atoms with van der Waals surface area (Å²) in [4.78, 5) is 0.549. The van der Waals surface area contributed by atoms with Crippen molar-refractivity contribution in [3.05, 3.63) is 21.4 Å². The summed E-state index contributed by atoms with van der Waals surface area (Å²) in [5.74, 6) is -3.54. The Hall–Kier alpha value is -0.760. The molecule has 1 atom stereocenters. The van der Waals surface area contributed by atoms with E-state index in [-0.39, 0.29) is 4.88 Å². The number of alkyl halides is 6.